The quantitative estimate of drug-likeness (QED) is 0.0696. The summed E-state index contributed by atoms with van der Waals surface area (Å²) < 4.78 is 41.0. The van der Waals surface area contributed by atoms with Gasteiger partial charge < -0.3 is 31.0 Å². The number of likely N-dealkylation sites (N-methyl/N-ethyl adjacent to an activating group) is 1. The van der Waals surface area contributed by atoms with Gasteiger partial charge in [0.1, 0.15) is 23.9 Å². The highest BCUT2D eigenvalue weighted by Crippen LogP contribution is 2.40. The van der Waals surface area contributed by atoms with Crippen LogP contribution in [0.1, 0.15) is 37.9 Å². The zero-order valence-corrected chi connectivity index (χ0v) is 26.2. The van der Waals surface area contributed by atoms with Crippen molar-refractivity contribution in [3.63, 3.8) is 0 Å². The molecule has 1 aromatic heterocycles. The molecule has 45 heavy (non-hydrogen) atoms. The third-order valence-electron chi connectivity index (χ3n) is 7.25. The van der Waals surface area contributed by atoms with Crippen molar-refractivity contribution < 1.29 is 46.3 Å². The van der Waals surface area contributed by atoms with Crippen LogP contribution in [-0.4, -0.2) is 107 Å². The number of anilines is 1. The molecule has 244 valence electrons. The minimum atomic E-state index is -4.99. The molecule has 3 heterocycles. The summed E-state index contributed by atoms with van der Waals surface area (Å²) in [4.78, 5) is 53.7. The molecule has 2 aliphatic rings. The van der Waals surface area contributed by atoms with Crippen molar-refractivity contribution in [2.45, 2.75) is 44.4 Å². The van der Waals surface area contributed by atoms with Crippen molar-refractivity contribution >= 4 is 56.1 Å². The van der Waals surface area contributed by atoms with Gasteiger partial charge in [-0.25, -0.2) is 9.78 Å². The van der Waals surface area contributed by atoms with Gasteiger partial charge in [0.05, 0.1) is 17.5 Å². The van der Waals surface area contributed by atoms with Crippen molar-refractivity contribution in [3.8, 4) is 5.75 Å². The Morgan fingerprint density at radius 2 is 1.96 bits per heavy atom. The first-order chi connectivity index (χ1) is 21.0. The third kappa shape index (κ3) is 8.31. The van der Waals surface area contributed by atoms with E-state index in [0.29, 0.717) is 22.2 Å². The number of Topliss-reactive ketones (excluding diaryl/α,β-unsaturated/α-hetero) is 1. The van der Waals surface area contributed by atoms with Gasteiger partial charge in [0.15, 0.2) is 16.6 Å². The number of carbonyl (C=O) groups excluding carboxylic acids is 2. The van der Waals surface area contributed by atoms with E-state index in [9.17, 15) is 27.9 Å². The number of nitrogens with zero attached hydrogens (tertiary/aromatic N) is 5. The van der Waals surface area contributed by atoms with Crippen molar-refractivity contribution in [2.75, 3.05) is 32.5 Å². The molecule has 2 fully saturated rings. The lowest BCUT2D eigenvalue weighted by atomic mass is 9.74. The molecule has 2 aromatic rings. The van der Waals surface area contributed by atoms with E-state index in [1.54, 1.807) is 24.3 Å². The average molecular weight is 668 g/mol. The summed E-state index contributed by atoms with van der Waals surface area (Å²) >= 11 is 0.984. The highest BCUT2D eigenvalue weighted by Gasteiger charge is 2.57. The SMILES string of the molecule is CN1CC[C@H](N=C(N)c2ccc(OC[C@H](O/N=C(\C(=O)C[C@@H]3C(=O)N(OS(=O)(=O)O)C3(C)C)c3csc(N)n3)C(=O)O)cc2)C1. The summed E-state index contributed by atoms with van der Waals surface area (Å²) in [5, 5.41) is 15.4. The van der Waals surface area contributed by atoms with Gasteiger partial charge in [-0.1, -0.05) is 5.16 Å². The smallest absolute Gasteiger partial charge is 0.418 e. The molecule has 0 saturated carbocycles. The molecule has 17 nitrogen and oxygen atoms in total. The van der Waals surface area contributed by atoms with Crippen LogP contribution in [0.4, 0.5) is 5.13 Å². The summed E-state index contributed by atoms with van der Waals surface area (Å²) in [5.41, 5.74) is 10.8. The Morgan fingerprint density at radius 1 is 1.27 bits per heavy atom. The van der Waals surface area contributed by atoms with E-state index in [4.69, 9.17) is 25.6 Å². The molecule has 6 N–H and O–H groups in total. The van der Waals surface area contributed by atoms with Crippen LogP contribution < -0.4 is 16.2 Å². The number of nitrogen functional groups attached to an aromatic ring is 1. The van der Waals surface area contributed by atoms with Gasteiger partial charge in [-0.2, -0.15) is 13.5 Å². The summed E-state index contributed by atoms with van der Waals surface area (Å²) in [7, 11) is -2.97. The van der Waals surface area contributed by atoms with Crippen LogP contribution in [0, 0.1) is 5.92 Å². The maximum Gasteiger partial charge on any atom is 0.418 e. The second kappa shape index (κ2) is 13.4. The predicted molar refractivity (Wildman–Crippen MR) is 161 cm³/mol. The minimum absolute atomic E-state index is 0.0257. The lowest BCUT2D eigenvalue weighted by Crippen LogP contribution is -2.68. The molecule has 0 unspecified atom stereocenters. The molecule has 2 aliphatic heterocycles. The zero-order chi connectivity index (χ0) is 33.1. The number of carboxylic acids is 1. The topological polar surface area (TPSA) is 250 Å². The highest BCUT2D eigenvalue weighted by molar-refractivity contribution is 7.80. The molecule has 0 spiro atoms. The molecule has 0 radical (unpaired) electrons. The number of aromatic nitrogens is 1. The van der Waals surface area contributed by atoms with Gasteiger partial charge in [0, 0.05) is 23.9 Å². The van der Waals surface area contributed by atoms with Crippen LogP contribution in [0.2, 0.25) is 0 Å². The number of hydrogen-bond acceptors (Lipinski definition) is 14. The summed E-state index contributed by atoms with van der Waals surface area (Å²) in [6.45, 7) is 4.13. The maximum absolute atomic E-state index is 13.3. The average Bonchev–Trinajstić information content (AvgIpc) is 3.58. The minimum Gasteiger partial charge on any atom is -0.489 e. The fourth-order valence-corrected chi connectivity index (χ4v) is 5.73. The number of hydroxylamine groups is 2. The van der Waals surface area contributed by atoms with Gasteiger partial charge >= 0.3 is 16.4 Å². The van der Waals surface area contributed by atoms with Crippen LogP contribution in [-0.2, 0) is 33.9 Å². The van der Waals surface area contributed by atoms with Gasteiger partial charge in [-0.3, -0.25) is 19.1 Å². The van der Waals surface area contributed by atoms with Gasteiger partial charge in [-0.15, -0.1) is 15.6 Å². The van der Waals surface area contributed by atoms with E-state index in [1.165, 1.54) is 19.2 Å². The van der Waals surface area contributed by atoms with E-state index in [0.717, 1.165) is 30.8 Å². The summed E-state index contributed by atoms with van der Waals surface area (Å²) in [6, 6.07) is 6.69. The Balaban J connectivity index is 1.43. The van der Waals surface area contributed by atoms with Crippen LogP contribution in [0.5, 0.6) is 5.75 Å². The van der Waals surface area contributed by atoms with Crippen molar-refractivity contribution in [1.29, 1.82) is 0 Å². The highest BCUT2D eigenvalue weighted by atomic mass is 32.3. The first-order valence-corrected chi connectivity index (χ1v) is 15.8. The van der Waals surface area contributed by atoms with E-state index < -0.39 is 64.4 Å². The molecule has 0 aliphatic carbocycles. The number of ether oxygens (including phenoxy) is 1. The predicted octanol–water partition coefficient (Wildman–Crippen LogP) is 0.318. The van der Waals surface area contributed by atoms with E-state index in [1.807, 2.05) is 7.05 Å². The molecule has 0 bridgehead atoms. The Kier molecular flexibility index (Phi) is 10.1. The van der Waals surface area contributed by atoms with Crippen LogP contribution >= 0.6 is 11.3 Å². The number of carboxylic acid groups (broad SMARTS) is 1. The number of hydrogen-bond donors (Lipinski definition) is 4. The maximum atomic E-state index is 13.3. The number of β-lactam (4-membered cyclic amide) rings is 1. The molecule has 4 rings (SSSR count). The Labute approximate surface area is 262 Å². The third-order valence-corrected chi connectivity index (χ3v) is 8.26. The van der Waals surface area contributed by atoms with Crippen molar-refractivity contribution in [1.82, 2.24) is 14.9 Å². The first-order valence-electron chi connectivity index (χ1n) is 13.5. The fourth-order valence-electron chi connectivity index (χ4n) is 4.73. The van der Waals surface area contributed by atoms with Gasteiger partial charge in [0.2, 0.25) is 0 Å². The lowest BCUT2D eigenvalue weighted by Gasteiger charge is -2.50. The zero-order valence-electron chi connectivity index (χ0n) is 24.5. The molecule has 19 heteroatoms. The van der Waals surface area contributed by atoms with Crippen molar-refractivity contribution in [3.05, 3.63) is 40.9 Å². The number of rotatable bonds is 14. The molecule has 3 atom stereocenters. The monoisotopic (exact) mass is 667 g/mol. The second-order valence-corrected chi connectivity index (χ2v) is 12.9. The van der Waals surface area contributed by atoms with Gasteiger partial charge in [-0.05, 0) is 58.1 Å². The number of likely N-dealkylation sites (tertiary alicyclic amines) is 1. The molecule has 1 aromatic carbocycles. The van der Waals surface area contributed by atoms with Crippen LogP contribution in [0.25, 0.3) is 0 Å². The number of amides is 1. The Bertz CT molecular complexity index is 1610. The molecular formula is C26H33N7O10S2. The van der Waals surface area contributed by atoms with Crippen molar-refractivity contribution in [2.24, 2.45) is 21.8 Å². The summed E-state index contributed by atoms with van der Waals surface area (Å²) in [6.07, 6.45) is -1.24. The number of thiazole rings is 1. The number of benzene rings is 1. The van der Waals surface area contributed by atoms with Crippen LogP contribution in [0.3, 0.4) is 0 Å². The Hall–Kier alpha value is -4.17. The largest absolute Gasteiger partial charge is 0.489 e. The number of aliphatic carboxylic acids is 1. The normalized spacial score (nSPS) is 21.3. The number of oxime groups is 1. The second-order valence-electron chi connectivity index (χ2n) is 11.0. The number of ketones is 1. The standard InChI is InChI=1S/C26H33N7O10S2/c1-26(2)17(23(35)33(26)43-45(38,39)40)10-19(34)21(18-13-44-25(28)30-18)31-42-20(24(36)37)12-41-16-6-4-14(5-7-16)22(27)29-15-8-9-32(3)11-15/h4-7,13,15,17,20H,8-12H2,1-3H3,(H2,27,29)(H2,28,30)(H,36,37)(H,38,39,40)/b31-21-/t15-,17+,20-/m0/s1. The van der Waals surface area contributed by atoms with E-state index in [-0.39, 0.29) is 16.9 Å². The van der Waals surface area contributed by atoms with E-state index in [2.05, 4.69) is 24.3 Å². The molecule has 1 amide bonds. The fraction of sp³-hybridized carbons (Fsp3) is 0.462. The number of nitrogens with two attached hydrogens (primary N) is 2. The molecule has 2 saturated heterocycles. The Morgan fingerprint density at radius 3 is 2.49 bits per heavy atom. The van der Waals surface area contributed by atoms with Gasteiger partial charge in [0.25, 0.3) is 12.0 Å². The number of amidine groups is 1. The molecular weight excluding hydrogens is 634 g/mol. The van der Waals surface area contributed by atoms with Crippen LogP contribution in [0.15, 0.2) is 39.8 Å². The summed E-state index contributed by atoms with van der Waals surface area (Å²) in [5.74, 6) is -3.47. The number of carbonyl (C=O) groups is 3. The lowest BCUT2D eigenvalue weighted by molar-refractivity contribution is -0.228. The number of aliphatic imine (C=N–C) groups is 1. The van der Waals surface area contributed by atoms with E-state index >= 15 is 0 Å². The first kappa shape index (κ1) is 33.7.